The number of fused-ring (bicyclic) bond motifs is 1. The molecule has 3 N–H and O–H groups in total. The maximum absolute atomic E-state index is 13.1. The number of nitrogens with one attached hydrogen (secondary N) is 1. The summed E-state index contributed by atoms with van der Waals surface area (Å²) in [4.78, 5) is 4.39. The molecule has 0 amide bonds. The third kappa shape index (κ3) is 5.11. The lowest BCUT2D eigenvalue weighted by molar-refractivity contribution is -0.141. The van der Waals surface area contributed by atoms with E-state index in [-0.39, 0.29) is 0 Å². The fourth-order valence-corrected chi connectivity index (χ4v) is 4.33. The van der Waals surface area contributed by atoms with Crippen molar-refractivity contribution in [1.82, 2.24) is 10.3 Å². The normalized spacial score (nSPS) is 21.2. The van der Waals surface area contributed by atoms with Crippen LogP contribution in [0, 0.1) is 5.92 Å². The summed E-state index contributed by atoms with van der Waals surface area (Å²) in [6.45, 7) is 1.73. The Labute approximate surface area is 155 Å². The van der Waals surface area contributed by atoms with Gasteiger partial charge < -0.3 is 11.1 Å². The first-order chi connectivity index (χ1) is 12.4. The number of alkyl halides is 3. The molecule has 0 saturated heterocycles. The standard InChI is InChI=1S/C19H24F3N3S/c20-19(21,22)18-11-17(15-3-1-2-4-16(15)25-18)26-10-9-24-12-13-5-7-14(23)8-6-13/h1-4,11,13-14,24H,5-10,12,23H2/t13-,14-. The number of benzene rings is 1. The largest absolute Gasteiger partial charge is 0.433 e. The lowest BCUT2D eigenvalue weighted by Gasteiger charge is -2.26. The molecule has 1 aliphatic carbocycles. The van der Waals surface area contributed by atoms with Gasteiger partial charge in [0.1, 0.15) is 5.69 Å². The molecule has 26 heavy (non-hydrogen) atoms. The molecular formula is C19H24F3N3S. The van der Waals surface area contributed by atoms with E-state index >= 15 is 0 Å². The highest BCUT2D eigenvalue weighted by Crippen LogP contribution is 2.34. The molecule has 1 saturated carbocycles. The molecule has 2 aromatic rings. The SMILES string of the molecule is N[C@H]1CC[C@H](CNCCSc2cc(C(F)(F)F)nc3ccccc23)CC1. The Balaban J connectivity index is 1.56. The van der Waals surface area contributed by atoms with Gasteiger partial charge in [0.05, 0.1) is 5.52 Å². The topological polar surface area (TPSA) is 50.9 Å². The van der Waals surface area contributed by atoms with Crippen LogP contribution in [-0.2, 0) is 6.18 Å². The molecule has 142 valence electrons. The first-order valence-electron chi connectivity index (χ1n) is 8.99. The summed E-state index contributed by atoms with van der Waals surface area (Å²) in [5, 5.41) is 4.20. The molecule has 1 aromatic carbocycles. The summed E-state index contributed by atoms with van der Waals surface area (Å²) in [5.41, 5.74) is 5.47. The van der Waals surface area contributed by atoms with E-state index in [9.17, 15) is 13.2 Å². The zero-order valence-corrected chi connectivity index (χ0v) is 15.4. The van der Waals surface area contributed by atoms with Crippen molar-refractivity contribution >= 4 is 22.7 Å². The molecule has 0 bridgehead atoms. The van der Waals surface area contributed by atoms with Gasteiger partial charge in [-0.1, -0.05) is 18.2 Å². The van der Waals surface area contributed by atoms with E-state index in [1.54, 1.807) is 12.1 Å². The highest BCUT2D eigenvalue weighted by atomic mass is 32.2. The van der Waals surface area contributed by atoms with Crippen LogP contribution < -0.4 is 11.1 Å². The smallest absolute Gasteiger partial charge is 0.328 e. The molecule has 3 rings (SSSR count). The van der Waals surface area contributed by atoms with Crippen molar-refractivity contribution in [2.24, 2.45) is 11.7 Å². The second-order valence-corrected chi connectivity index (χ2v) is 7.99. The third-order valence-electron chi connectivity index (χ3n) is 4.83. The van der Waals surface area contributed by atoms with E-state index in [1.807, 2.05) is 12.1 Å². The minimum absolute atomic E-state index is 0.351. The number of aromatic nitrogens is 1. The summed E-state index contributed by atoms with van der Waals surface area (Å²) >= 11 is 1.44. The molecule has 1 aromatic heterocycles. The predicted octanol–water partition coefficient (Wildman–Crippen LogP) is 4.45. The van der Waals surface area contributed by atoms with Crippen LogP contribution >= 0.6 is 11.8 Å². The molecule has 0 radical (unpaired) electrons. The molecule has 7 heteroatoms. The van der Waals surface area contributed by atoms with Gasteiger partial charge in [0, 0.05) is 28.6 Å². The minimum atomic E-state index is -4.43. The quantitative estimate of drug-likeness (QED) is 0.571. The van der Waals surface area contributed by atoms with Crippen molar-refractivity contribution in [3.05, 3.63) is 36.0 Å². The molecule has 1 aliphatic rings. The van der Waals surface area contributed by atoms with E-state index in [0.29, 0.717) is 22.4 Å². The van der Waals surface area contributed by atoms with Crippen molar-refractivity contribution in [1.29, 1.82) is 0 Å². The van der Waals surface area contributed by atoms with Gasteiger partial charge in [-0.25, -0.2) is 4.98 Å². The first kappa shape index (κ1) is 19.5. The second kappa shape index (κ2) is 8.59. The molecular weight excluding hydrogens is 359 g/mol. The number of hydrogen-bond donors (Lipinski definition) is 2. The predicted molar refractivity (Wildman–Crippen MR) is 100 cm³/mol. The van der Waals surface area contributed by atoms with Crippen LogP contribution in [0.2, 0.25) is 0 Å². The maximum atomic E-state index is 13.1. The highest BCUT2D eigenvalue weighted by Gasteiger charge is 2.33. The van der Waals surface area contributed by atoms with Crippen molar-refractivity contribution in [2.75, 3.05) is 18.8 Å². The minimum Gasteiger partial charge on any atom is -0.328 e. The van der Waals surface area contributed by atoms with Crippen LogP contribution in [-0.4, -0.2) is 29.9 Å². The summed E-state index contributed by atoms with van der Waals surface area (Å²) in [5.74, 6) is 1.38. The van der Waals surface area contributed by atoms with Gasteiger partial charge in [0.2, 0.25) is 0 Å². The van der Waals surface area contributed by atoms with Gasteiger partial charge in [-0.15, -0.1) is 11.8 Å². The maximum Gasteiger partial charge on any atom is 0.433 e. The summed E-state index contributed by atoms with van der Waals surface area (Å²) in [7, 11) is 0. The Morgan fingerprint density at radius 1 is 1.15 bits per heavy atom. The molecule has 0 unspecified atom stereocenters. The average molecular weight is 383 g/mol. The van der Waals surface area contributed by atoms with Crippen LogP contribution in [0.25, 0.3) is 10.9 Å². The molecule has 1 heterocycles. The van der Waals surface area contributed by atoms with Gasteiger partial charge >= 0.3 is 6.18 Å². The average Bonchev–Trinajstić information content (AvgIpc) is 2.62. The number of thioether (sulfide) groups is 1. The Morgan fingerprint density at radius 3 is 2.62 bits per heavy atom. The Hall–Kier alpha value is -1.31. The molecule has 0 atom stereocenters. The van der Waals surface area contributed by atoms with E-state index in [0.717, 1.165) is 56.0 Å². The van der Waals surface area contributed by atoms with Crippen LogP contribution in [0.3, 0.4) is 0 Å². The zero-order chi connectivity index (χ0) is 18.6. The summed E-state index contributed by atoms with van der Waals surface area (Å²) in [6, 6.07) is 8.50. The van der Waals surface area contributed by atoms with Crippen molar-refractivity contribution in [3.8, 4) is 0 Å². The van der Waals surface area contributed by atoms with E-state index < -0.39 is 11.9 Å². The van der Waals surface area contributed by atoms with Crippen LogP contribution in [0.1, 0.15) is 31.4 Å². The lowest BCUT2D eigenvalue weighted by Crippen LogP contribution is -2.32. The van der Waals surface area contributed by atoms with Crippen molar-refractivity contribution in [3.63, 3.8) is 0 Å². The van der Waals surface area contributed by atoms with Gasteiger partial charge in [-0.05, 0) is 50.3 Å². The van der Waals surface area contributed by atoms with E-state index in [1.165, 1.54) is 11.8 Å². The van der Waals surface area contributed by atoms with Gasteiger partial charge in [0.25, 0.3) is 0 Å². The van der Waals surface area contributed by atoms with E-state index in [4.69, 9.17) is 5.73 Å². The number of rotatable bonds is 6. The molecule has 1 fully saturated rings. The molecule has 3 nitrogen and oxygen atoms in total. The first-order valence-corrected chi connectivity index (χ1v) is 9.98. The number of para-hydroxylation sites is 1. The van der Waals surface area contributed by atoms with Gasteiger partial charge in [-0.2, -0.15) is 13.2 Å². The zero-order valence-electron chi connectivity index (χ0n) is 14.6. The third-order valence-corrected chi connectivity index (χ3v) is 5.89. The number of halogens is 3. The Morgan fingerprint density at radius 2 is 1.88 bits per heavy atom. The highest BCUT2D eigenvalue weighted by molar-refractivity contribution is 7.99. The fourth-order valence-electron chi connectivity index (χ4n) is 3.34. The monoisotopic (exact) mass is 383 g/mol. The fraction of sp³-hybridized carbons (Fsp3) is 0.526. The van der Waals surface area contributed by atoms with Crippen LogP contribution in [0.5, 0.6) is 0 Å². The number of pyridine rings is 1. The summed E-state index contributed by atoms with van der Waals surface area (Å²) < 4.78 is 39.2. The molecule has 0 spiro atoms. The lowest BCUT2D eigenvalue weighted by atomic mass is 9.86. The molecule has 0 aliphatic heterocycles. The number of nitrogens with two attached hydrogens (primary N) is 1. The number of hydrogen-bond acceptors (Lipinski definition) is 4. The van der Waals surface area contributed by atoms with E-state index in [2.05, 4.69) is 10.3 Å². The Kier molecular flexibility index (Phi) is 6.42. The van der Waals surface area contributed by atoms with Crippen molar-refractivity contribution in [2.45, 2.75) is 42.8 Å². The van der Waals surface area contributed by atoms with Crippen LogP contribution in [0.15, 0.2) is 35.2 Å². The van der Waals surface area contributed by atoms with Crippen LogP contribution in [0.4, 0.5) is 13.2 Å². The van der Waals surface area contributed by atoms with Gasteiger partial charge in [0.15, 0.2) is 0 Å². The summed E-state index contributed by atoms with van der Waals surface area (Å²) in [6.07, 6.45) is 0.0601. The van der Waals surface area contributed by atoms with Gasteiger partial charge in [-0.3, -0.25) is 0 Å². The second-order valence-electron chi connectivity index (χ2n) is 6.85. The number of nitrogens with zero attached hydrogens (tertiary/aromatic N) is 1. The Bertz CT molecular complexity index is 728. The van der Waals surface area contributed by atoms with Crippen molar-refractivity contribution < 1.29 is 13.2 Å².